The van der Waals surface area contributed by atoms with Crippen LogP contribution in [0.4, 0.5) is 0 Å². The molecule has 292 valence electrons. The molecular weight excluding hydrogens is 763 g/mol. The van der Waals surface area contributed by atoms with Gasteiger partial charge < -0.3 is 4.74 Å². The van der Waals surface area contributed by atoms with Gasteiger partial charge in [0.1, 0.15) is 11.5 Å². The lowest BCUT2D eigenvalue weighted by atomic mass is 9.48. The summed E-state index contributed by atoms with van der Waals surface area (Å²) in [5.74, 6) is 6.45. The van der Waals surface area contributed by atoms with Crippen molar-refractivity contribution in [1.82, 2.24) is 15.0 Å². The Morgan fingerprint density at radius 3 is 1.67 bits per heavy atom. The third kappa shape index (κ3) is 4.90. The lowest BCUT2D eigenvalue weighted by Crippen LogP contribution is -2.48. The van der Waals surface area contributed by atoms with Crippen LogP contribution >= 0.6 is 11.3 Å². The number of benzene rings is 7. The van der Waals surface area contributed by atoms with E-state index in [-0.39, 0.29) is 0 Å². The van der Waals surface area contributed by atoms with E-state index in [0.29, 0.717) is 22.9 Å². The van der Waals surface area contributed by atoms with Crippen molar-refractivity contribution in [2.24, 2.45) is 17.8 Å². The van der Waals surface area contributed by atoms with Crippen LogP contribution in [0.3, 0.4) is 0 Å². The summed E-state index contributed by atoms with van der Waals surface area (Å²) in [4.78, 5) is 16.0. The fourth-order valence-electron chi connectivity index (χ4n) is 13.1. The summed E-state index contributed by atoms with van der Waals surface area (Å²) >= 11 is 1.83. The molecule has 1 aliphatic heterocycles. The molecule has 5 aliphatic carbocycles. The molecule has 5 heteroatoms. The Morgan fingerprint density at radius 2 is 0.967 bits per heavy atom. The number of hydrogen-bond acceptors (Lipinski definition) is 5. The van der Waals surface area contributed by atoms with Crippen LogP contribution in [0.5, 0.6) is 11.5 Å². The highest BCUT2D eigenvalue weighted by Crippen LogP contribution is 2.63. The number of para-hydroxylation sites is 1. The molecular formula is C56H41N3OS. The average Bonchev–Trinajstić information content (AvgIpc) is 3.82. The number of hydrogen-bond donors (Lipinski definition) is 0. The van der Waals surface area contributed by atoms with E-state index in [1.807, 2.05) is 11.3 Å². The van der Waals surface area contributed by atoms with E-state index in [1.165, 1.54) is 86.5 Å². The molecule has 1 spiro atoms. The molecule has 3 heterocycles. The number of fused-ring (bicyclic) bond motifs is 12. The van der Waals surface area contributed by atoms with Crippen molar-refractivity contribution in [3.63, 3.8) is 0 Å². The summed E-state index contributed by atoms with van der Waals surface area (Å²) in [5, 5.41) is 2.49. The van der Waals surface area contributed by atoms with Gasteiger partial charge in [-0.2, -0.15) is 0 Å². The average molecular weight is 804 g/mol. The van der Waals surface area contributed by atoms with E-state index in [9.17, 15) is 0 Å². The topological polar surface area (TPSA) is 47.9 Å². The second-order valence-electron chi connectivity index (χ2n) is 18.5. The molecule has 6 aliphatic rings. The Morgan fingerprint density at radius 1 is 0.443 bits per heavy atom. The predicted octanol–water partition coefficient (Wildman–Crippen LogP) is 14.2. The van der Waals surface area contributed by atoms with Crippen molar-refractivity contribution < 1.29 is 4.74 Å². The Balaban J connectivity index is 0.958. The Kier molecular flexibility index (Phi) is 7.06. The van der Waals surface area contributed by atoms with E-state index in [4.69, 9.17) is 19.7 Å². The molecule has 61 heavy (non-hydrogen) atoms. The van der Waals surface area contributed by atoms with Crippen LogP contribution in [0.15, 0.2) is 158 Å². The summed E-state index contributed by atoms with van der Waals surface area (Å²) in [6.45, 7) is 0. The molecule has 0 N–H and O–H groups in total. The van der Waals surface area contributed by atoms with Gasteiger partial charge in [0.15, 0.2) is 17.5 Å². The normalized spacial score (nSPS) is 22.2. The lowest BCUT2D eigenvalue weighted by molar-refractivity contribution is -0.00518. The SMILES string of the molecule is c1ccc2c(c1)Oc1ccc(-c3nc(-c4ccc(C56CC7C[C@H](C5)C[C@@H](C7)C6)cc4)nc(-c4ccc5sc6ccccc6c5c4)n3)cc1C21c2ccccc2-c2ccccc21. The first-order valence-corrected chi connectivity index (χ1v) is 22.8. The molecule has 4 nitrogen and oxygen atoms in total. The van der Waals surface area contributed by atoms with E-state index in [2.05, 4.69) is 158 Å². The maximum atomic E-state index is 6.79. The van der Waals surface area contributed by atoms with Crippen molar-refractivity contribution in [2.45, 2.75) is 49.4 Å². The minimum Gasteiger partial charge on any atom is -0.457 e. The van der Waals surface area contributed by atoms with E-state index >= 15 is 0 Å². The van der Waals surface area contributed by atoms with E-state index < -0.39 is 5.41 Å². The Hall–Kier alpha value is -6.43. The van der Waals surface area contributed by atoms with Gasteiger partial charge in [-0.15, -0.1) is 11.3 Å². The second kappa shape index (κ2) is 12.6. The first-order valence-electron chi connectivity index (χ1n) is 22.0. The van der Waals surface area contributed by atoms with Crippen LogP contribution in [0, 0.1) is 17.8 Å². The standard InChI is InChI=1S/C56H41N3OS/c1-4-12-44-40(9-1)41-10-2-5-13-45(41)56(44)46-14-6-7-15-48(46)60-49-23-19-38(29-47(49)56)54-58-52(36-17-21-39(22-18-36)55-30-33-25-34(31-55)27-35(26-33)32-55)57-53(59-54)37-20-24-51-43(28-37)42-11-3-8-16-50(42)61-51/h1-24,28-29,33-35H,25-27,30-32H2/t33-,34+,35?,55?. The van der Waals surface area contributed by atoms with E-state index in [1.54, 1.807) is 0 Å². The third-order valence-electron chi connectivity index (χ3n) is 15.2. The van der Waals surface area contributed by atoms with Crippen molar-refractivity contribution in [1.29, 1.82) is 0 Å². The quantitative estimate of drug-likeness (QED) is 0.178. The summed E-state index contributed by atoms with van der Waals surface area (Å²) < 4.78 is 9.33. The first kappa shape index (κ1) is 34.3. The van der Waals surface area contributed by atoms with Gasteiger partial charge in [0.25, 0.3) is 0 Å². The third-order valence-corrected chi connectivity index (χ3v) is 16.3. The molecule has 9 aromatic rings. The zero-order valence-electron chi connectivity index (χ0n) is 33.6. The van der Waals surface area contributed by atoms with Crippen LogP contribution < -0.4 is 4.74 Å². The molecule has 0 saturated heterocycles. The predicted molar refractivity (Wildman–Crippen MR) is 246 cm³/mol. The van der Waals surface area contributed by atoms with Gasteiger partial charge in [0, 0.05) is 48.0 Å². The molecule has 0 unspecified atom stereocenters. The fraction of sp³-hybridized carbons (Fsp3) is 0.196. The number of nitrogens with zero attached hydrogens (tertiary/aromatic N) is 3. The summed E-state index contributed by atoms with van der Waals surface area (Å²) in [7, 11) is 0. The largest absolute Gasteiger partial charge is 0.457 e. The maximum absolute atomic E-state index is 6.79. The molecule has 4 fully saturated rings. The Labute approximate surface area is 359 Å². The van der Waals surface area contributed by atoms with Gasteiger partial charge in [-0.25, -0.2) is 15.0 Å². The van der Waals surface area contributed by atoms with Crippen LogP contribution in [0.1, 0.15) is 66.3 Å². The maximum Gasteiger partial charge on any atom is 0.164 e. The minimum atomic E-state index is -0.579. The molecule has 0 atom stereocenters. The fourth-order valence-corrected chi connectivity index (χ4v) is 14.1. The molecule has 0 amide bonds. The first-order chi connectivity index (χ1) is 30.1. The summed E-state index contributed by atoms with van der Waals surface area (Å²) in [5.41, 5.74) is 11.5. The molecule has 4 bridgehead atoms. The minimum absolute atomic E-state index is 0.332. The van der Waals surface area contributed by atoms with Crippen molar-refractivity contribution in [3.8, 4) is 56.8 Å². The molecule has 15 rings (SSSR count). The summed E-state index contributed by atoms with van der Waals surface area (Å²) in [6, 6.07) is 57.5. The number of rotatable bonds is 4. The molecule has 7 aromatic carbocycles. The number of ether oxygens (including phenoxy) is 1. The molecule has 4 saturated carbocycles. The summed E-state index contributed by atoms with van der Waals surface area (Å²) in [6.07, 6.45) is 8.38. The van der Waals surface area contributed by atoms with Gasteiger partial charge in [-0.1, -0.05) is 109 Å². The lowest BCUT2D eigenvalue weighted by Gasteiger charge is -2.57. The highest BCUT2D eigenvalue weighted by atomic mass is 32.1. The van der Waals surface area contributed by atoms with Gasteiger partial charge in [0.2, 0.25) is 0 Å². The van der Waals surface area contributed by atoms with Gasteiger partial charge in [0.05, 0.1) is 5.41 Å². The van der Waals surface area contributed by atoms with Crippen LogP contribution in [-0.2, 0) is 10.8 Å². The number of thiophene rings is 1. The number of aromatic nitrogens is 3. The van der Waals surface area contributed by atoms with Crippen LogP contribution in [-0.4, -0.2) is 15.0 Å². The van der Waals surface area contributed by atoms with Crippen molar-refractivity contribution >= 4 is 31.5 Å². The van der Waals surface area contributed by atoms with E-state index in [0.717, 1.165) is 57.1 Å². The van der Waals surface area contributed by atoms with Crippen molar-refractivity contribution in [2.75, 3.05) is 0 Å². The zero-order valence-corrected chi connectivity index (χ0v) is 34.5. The van der Waals surface area contributed by atoms with Crippen molar-refractivity contribution in [3.05, 3.63) is 186 Å². The highest BCUT2D eigenvalue weighted by molar-refractivity contribution is 7.25. The van der Waals surface area contributed by atoms with Crippen LogP contribution in [0.25, 0.3) is 65.5 Å². The second-order valence-corrected chi connectivity index (χ2v) is 19.6. The van der Waals surface area contributed by atoms with Crippen LogP contribution in [0.2, 0.25) is 0 Å². The van der Waals surface area contributed by atoms with Gasteiger partial charge in [-0.3, -0.25) is 0 Å². The van der Waals surface area contributed by atoms with Gasteiger partial charge >= 0.3 is 0 Å². The van der Waals surface area contributed by atoms with Gasteiger partial charge in [-0.05, 0) is 138 Å². The molecule has 0 radical (unpaired) electrons. The Bertz CT molecular complexity index is 3210. The smallest absolute Gasteiger partial charge is 0.164 e. The monoisotopic (exact) mass is 803 g/mol. The molecule has 2 aromatic heterocycles. The zero-order chi connectivity index (χ0) is 39.9. The highest BCUT2D eigenvalue weighted by Gasteiger charge is 2.52.